The van der Waals surface area contributed by atoms with Gasteiger partial charge in [0.25, 0.3) is 15.9 Å². The van der Waals surface area contributed by atoms with Crippen LogP contribution in [-0.2, 0) is 14.8 Å². The topological polar surface area (TPSA) is 114 Å². The molecule has 2 amide bonds. The Balaban J connectivity index is 2.37. The minimum absolute atomic E-state index is 0.0473. The summed E-state index contributed by atoms with van der Waals surface area (Å²) in [7, 11) is -2.61. The minimum Gasteiger partial charge on any atom is -0.495 e. The predicted molar refractivity (Wildman–Crippen MR) is 112 cm³/mol. The molecule has 0 aromatic heterocycles. The van der Waals surface area contributed by atoms with E-state index >= 15 is 0 Å². The van der Waals surface area contributed by atoms with Gasteiger partial charge in [-0.05, 0) is 43.7 Å². The van der Waals surface area contributed by atoms with Crippen molar-refractivity contribution in [2.45, 2.75) is 38.1 Å². The molecule has 2 aromatic carbocycles. The zero-order valence-electron chi connectivity index (χ0n) is 16.8. The third kappa shape index (κ3) is 5.71. The quantitative estimate of drug-likeness (QED) is 0.609. The number of sulfonamides is 1. The molecule has 0 saturated carbocycles. The summed E-state index contributed by atoms with van der Waals surface area (Å²) >= 11 is 0. The molecule has 0 fully saturated rings. The molecule has 0 aliphatic heterocycles. The summed E-state index contributed by atoms with van der Waals surface area (Å²) in [6, 6.07) is 10.4. The van der Waals surface area contributed by atoms with Crippen LogP contribution in [0.15, 0.2) is 47.4 Å². The molecule has 0 heterocycles. The maximum atomic E-state index is 12.9. The number of ether oxygens (including phenoxy) is 1. The number of amides is 2. The highest BCUT2D eigenvalue weighted by atomic mass is 32.2. The molecule has 0 saturated heterocycles. The van der Waals surface area contributed by atoms with Gasteiger partial charge in [-0.15, -0.1) is 0 Å². The van der Waals surface area contributed by atoms with Crippen molar-refractivity contribution in [1.29, 1.82) is 0 Å². The van der Waals surface area contributed by atoms with Crippen LogP contribution in [-0.4, -0.2) is 33.4 Å². The van der Waals surface area contributed by atoms with Gasteiger partial charge < -0.3 is 15.4 Å². The molecule has 3 N–H and O–H groups in total. The van der Waals surface area contributed by atoms with Crippen LogP contribution in [0.5, 0.6) is 5.75 Å². The van der Waals surface area contributed by atoms with E-state index in [-0.39, 0.29) is 39.7 Å². The second-order valence-corrected chi connectivity index (χ2v) is 8.16. The Labute approximate surface area is 170 Å². The average Bonchev–Trinajstić information content (AvgIpc) is 2.67. The van der Waals surface area contributed by atoms with E-state index in [1.807, 2.05) is 13.8 Å². The molecule has 0 aliphatic rings. The lowest BCUT2D eigenvalue weighted by molar-refractivity contribution is -0.114. The highest BCUT2D eigenvalue weighted by Crippen LogP contribution is 2.29. The van der Waals surface area contributed by atoms with Crippen LogP contribution in [0, 0.1) is 0 Å². The lowest BCUT2D eigenvalue weighted by Crippen LogP contribution is -2.32. The molecule has 9 heteroatoms. The van der Waals surface area contributed by atoms with Crippen LogP contribution in [0.2, 0.25) is 0 Å². The number of benzene rings is 2. The first kappa shape index (κ1) is 22.2. The van der Waals surface area contributed by atoms with Crippen molar-refractivity contribution < 1.29 is 22.7 Å². The molecule has 0 aliphatic carbocycles. The maximum absolute atomic E-state index is 12.9. The molecular formula is C20H25N3O5S. The minimum atomic E-state index is -4.02. The van der Waals surface area contributed by atoms with E-state index in [1.54, 1.807) is 18.2 Å². The first-order chi connectivity index (χ1) is 13.7. The fourth-order valence-corrected chi connectivity index (χ4v) is 3.62. The van der Waals surface area contributed by atoms with Gasteiger partial charge in [-0.3, -0.25) is 14.3 Å². The van der Waals surface area contributed by atoms with Crippen molar-refractivity contribution in [2.24, 2.45) is 0 Å². The van der Waals surface area contributed by atoms with Gasteiger partial charge in [0.1, 0.15) is 5.75 Å². The maximum Gasteiger partial charge on any atom is 0.261 e. The van der Waals surface area contributed by atoms with Crippen LogP contribution < -0.4 is 20.1 Å². The first-order valence-corrected chi connectivity index (χ1v) is 10.5. The van der Waals surface area contributed by atoms with Crippen molar-refractivity contribution in [3.63, 3.8) is 0 Å². The molecule has 1 atom stereocenters. The molecule has 0 unspecified atom stereocenters. The summed E-state index contributed by atoms with van der Waals surface area (Å²) in [6.45, 7) is 5.12. The number of hydrogen-bond donors (Lipinski definition) is 3. The third-order valence-corrected chi connectivity index (χ3v) is 5.56. The highest BCUT2D eigenvalue weighted by Gasteiger charge is 2.21. The van der Waals surface area contributed by atoms with E-state index < -0.39 is 10.0 Å². The van der Waals surface area contributed by atoms with Crippen molar-refractivity contribution >= 4 is 33.2 Å². The van der Waals surface area contributed by atoms with Crippen molar-refractivity contribution in [1.82, 2.24) is 5.32 Å². The van der Waals surface area contributed by atoms with Gasteiger partial charge in [0.15, 0.2) is 0 Å². The van der Waals surface area contributed by atoms with Crippen LogP contribution in [0.1, 0.15) is 37.6 Å². The normalized spacial score (nSPS) is 12.0. The third-order valence-electron chi connectivity index (χ3n) is 4.20. The monoisotopic (exact) mass is 419 g/mol. The largest absolute Gasteiger partial charge is 0.495 e. The van der Waals surface area contributed by atoms with E-state index in [9.17, 15) is 18.0 Å². The molecule has 2 aromatic rings. The summed E-state index contributed by atoms with van der Waals surface area (Å²) in [5.41, 5.74) is 0.600. The van der Waals surface area contributed by atoms with E-state index in [0.29, 0.717) is 5.75 Å². The number of carbonyl (C=O) groups is 2. The van der Waals surface area contributed by atoms with Gasteiger partial charge in [0.05, 0.1) is 28.9 Å². The lowest BCUT2D eigenvalue weighted by atomic mass is 10.1. The molecule has 29 heavy (non-hydrogen) atoms. The standard InChI is InChI=1S/C20H25N3O5S/c1-5-13(2)21-20(25)16-8-6-7-9-17(16)23-29(26,27)15-10-11-19(28-4)18(12-15)22-14(3)24/h6-13,23H,5H2,1-4H3,(H,21,25)(H,22,24)/t13-/m1/s1. The molecule has 156 valence electrons. The number of anilines is 2. The fraction of sp³-hybridized carbons (Fsp3) is 0.300. The Morgan fingerprint density at radius 3 is 2.41 bits per heavy atom. The van der Waals surface area contributed by atoms with Crippen molar-refractivity contribution in [3.05, 3.63) is 48.0 Å². The number of methoxy groups -OCH3 is 1. The van der Waals surface area contributed by atoms with E-state index in [2.05, 4.69) is 15.4 Å². The second kappa shape index (κ2) is 9.42. The lowest BCUT2D eigenvalue weighted by Gasteiger charge is -2.16. The van der Waals surface area contributed by atoms with Gasteiger partial charge in [0, 0.05) is 13.0 Å². The van der Waals surface area contributed by atoms with Gasteiger partial charge in [-0.1, -0.05) is 19.1 Å². The number of hydrogen-bond acceptors (Lipinski definition) is 5. The number of rotatable bonds is 8. The zero-order chi connectivity index (χ0) is 21.6. The molecule has 0 bridgehead atoms. The Kier molecular flexibility index (Phi) is 7.22. The zero-order valence-corrected chi connectivity index (χ0v) is 17.6. The Bertz CT molecular complexity index is 1000. The molecular weight excluding hydrogens is 394 g/mol. The number of nitrogens with one attached hydrogen (secondary N) is 3. The van der Waals surface area contributed by atoms with E-state index in [4.69, 9.17) is 4.74 Å². The van der Waals surface area contributed by atoms with E-state index in [0.717, 1.165) is 6.42 Å². The smallest absolute Gasteiger partial charge is 0.261 e. The van der Waals surface area contributed by atoms with Gasteiger partial charge in [0.2, 0.25) is 5.91 Å². The van der Waals surface area contributed by atoms with Crippen LogP contribution in [0.4, 0.5) is 11.4 Å². The first-order valence-electron chi connectivity index (χ1n) is 9.06. The number of para-hydroxylation sites is 1. The summed E-state index contributed by atoms with van der Waals surface area (Å²) < 4.78 is 33.4. The second-order valence-electron chi connectivity index (χ2n) is 6.48. The van der Waals surface area contributed by atoms with Crippen LogP contribution >= 0.6 is 0 Å². The number of carbonyl (C=O) groups excluding carboxylic acids is 2. The van der Waals surface area contributed by atoms with Gasteiger partial charge >= 0.3 is 0 Å². The molecule has 0 radical (unpaired) electrons. The summed E-state index contributed by atoms with van der Waals surface area (Å²) in [6.07, 6.45) is 0.747. The summed E-state index contributed by atoms with van der Waals surface area (Å²) in [4.78, 5) is 23.8. The Morgan fingerprint density at radius 1 is 1.10 bits per heavy atom. The SMILES string of the molecule is CC[C@@H](C)NC(=O)c1ccccc1NS(=O)(=O)c1ccc(OC)c(NC(C)=O)c1. The molecule has 0 spiro atoms. The van der Waals surface area contributed by atoms with Gasteiger partial charge in [-0.25, -0.2) is 8.42 Å². The highest BCUT2D eigenvalue weighted by molar-refractivity contribution is 7.92. The summed E-state index contributed by atoms with van der Waals surface area (Å²) in [5, 5.41) is 5.36. The van der Waals surface area contributed by atoms with E-state index in [1.165, 1.54) is 38.3 Å². The fourth-order valence-electron chi connectivity index (χ4n) is 2.52. The van der Waals surface area contributed by atoms with Crippen LogP contribution in [0.25, 0.3) is 0 Å². The van der Waals surface area contributed by atoms with Gasteiger partial charge in [-0.2, -0.15) is 0 Å². The Morgan fingerprint density at radius 2 is 1.79 bits per heavy atom. The molecule has 8 nitrogen and oxygen atoms in total. The predicted octanol–water partition coefficient (Wildman–Crippen LogP) is 2.98. The van der Waals surface area contributed by atoms with Crippen LogP contribution in [0.3, 0.4) is 0 Å². The average molecular weight is 420 g/mol. The molecule has 2 rings (SSSR count). The van der Waals surface area contributed by atoms with Crippen molar-refractivity contribution in [2.75, 3.05) is 17.1 Å². The van der Waals surface area contributed by atoms with Crippen molar-refractivity contribution in [3.8, 4) is 5.75 Å². The summed E-state index contributed by atoms with van der Waals surface area (Å²) in [5.74, 6) is -0.406. The Hall–Kier alpha value is -3.07.